The number of aromatic nitrogens is 1. The lowest BCUT2D eigenvalue weighted by atomic mass is 9.81. The summed E-state index contributed by atoms with van der Waals surface area (Å²) in [6.45, 7) is 1.89. The standard InChI is InChI=1S/C23H31NO3/c1-17-23(26-2)22(25)21-19(15-10-16-20(21)24(17)27-3)14-9-5-8-13-18-11-6-4-7-12-18/h4,6-7,11-12,19H,5,8-10,13-16H2,1-3H3/t19-/m0/s1. The molecule has 1 aliphatic carbocycles. The molecule has 0 unspecified atom stereocenters. The van der Waals surface area contributed by atoms with Crippen LogP contribution in [0.2, 0.25) is 0 Å². The van der Waals surface area contributed by atoms with Gasteiger partial charge in [-0.05, 0) is 56.9 Å². The van der Waals surface area contributed by atoms with E-state index < -0.39 is 0 Å². The van der Waals surface area contributed by atoms with Crippen molar-refractivity contribution in [2.75, 3.05) is 14.2 Å². The highest BCUT2D eigenvalue weighted by molar-refractivity contribution is 5.39. The first-order valence-corrected chi connectivity index (χ1v) is 10.1. The van der Waals surface area contributed by atoms with Crippen molar-refractivity contribution in [3.05, 3.63) is 63.1 Å². The fourth-order valence-electron chi connectivity index (χ4n) is 4.46. The molecular formula is C23H31NO3. The quantitative estimate of drug-likeness (QED) is 0.646. The summed E-state index contributed by atoms with van der Waals surface area (Å²) < 4.78 is 7.21. The molecule has 4 nitrogen and oxygen atoms in total. The highest BCUT2D eigenvalue weighted by Gasteiger charge is 2.29. The fraction of sp³-hybridized carbons (Fsp3) is 0.522. The van der Waals surface area contributed by atoms with Gasteiger partial charge in [0.1, 0.15) is 12.8 Å². The van der Waals surface area contributed by atoms with Gasteiger partial charge in [0.15, 0.2) is 5.75 Å². The number of nitrogens with zero attached hydrogens (tertiary/aromatic N) is 1. The van der Waals surface area contributed by atoms with Crippen LogP contribution in [0.5, 0.6) is 5.75 Å². The summed E-state index contributed by atoms with van der Waals surface area (Å²) in [7, 11) is 3.22. The van der Waals surface area contributed by atoms with Gasteiger partial charge in [-0.3, -0.25) is 4.79 Å². The molecule has 4 heteroatoms. The van der Waals surface area contributed by atoms with Gasteiger partial charge in [0, 0.05) is 5.56 Å². The van der Waals surface area contributed by atoms with Crippen molar-refractivity contribution in [1.82, 2.24) is 4.73 Å². The predicted molar refractivity (Wildman–Crippen MR) is 109 cm³/mol. The van der Waals surface area contributed by atoms with Crippen molar-refractivity contribution in [2.45, 2.75) is 64.2 Å². The third-order valence-corrected chi connectivity index (χ3v) is 5.76. The zero-order chi connectivity index (χ0) is 19.2. The molecule has 1 aromatic heterocycles. The number of pyridine rings is 1. The van der Waals surface area contributed by atoms with E-state index in [0.29, 0.717) is 11.7 Å². The molecule has 27 heavy (non-hydrogen) atoms. The lowest BCUT2D eigenvalue weighted by Gasteiger charge is -2.29. The van der Waals surface area contributed by atoms with Crippen LogP contribution in [-0.4, -0.2) is 19.0 Å². The molecule has 0 spiro atoms. The molecular weight excluding hydrogens is 338 g/mol. The maximum atomic E-state index is 13.0. The molecule has 1 aliphatic rings. The molecule has 0 saturated heterocycles. The van der Waals surface area contributed by atoms with E-state index in [1.807, 2.05) is 6.92 Å². The molecule has 1 aromatic carbocycles. The van der Waals surface area contributed by atoms with Crippen LogP contribution >= 0.6 is 0 Å². The zero-order valence-electron chi connectivity index (χ0n) is 16.8. The Hall–Kier alpha value is -2.23. The molecule has 0 amide bonds. The second-order valence-electron chi connectivity index (χ2n) is 7.46. The van der Waals surface area contributed by atoms with E-state index in [1.54, 1.807) is 19.0 Å². The van der Waals surface area contributed by atoms with Gasteiger partial charge < -0.3 is 9.57 Å². The molecule has 0 N–H and O–H groups in total. The van der Waals surface area contributed by atoms with Gasteiger partial charge in [-0.2, -0.15) is 4.73 Å². The normalized spacial score (nSPS) is 16.0. The van der Waals surface area contributed by atoms with E-state index in [2.05, 4.69) is 30.3 Å². The van der Waals surface area contributed by atoms with E-state index in [9.17, 15) is 4.79 Å². The molecule has 0 radical (unpaired) electrons. The molecule has 0 fully saturated rings. The predicted octanol–water partition coefficient (Wildman–Crippen LogP) is 4.45. The number of fused-ring (bicyclic) bond motifs is 1. The number of hydrogen-bond acceptors (Lipinski definition) is 3. The molecule has 1 heterocycles. The highest BCUT2D eigenvalue weighted by atomic mass is 16.6. The van der Waals surface area contributed by atoms with Crippen molar-refractivity contribution < 1.29 is 9.57 Å². The summed E-state index contributed by atoms with van der Waals surface area (Å²) in [5, 5.41) is 0. The van der Waals surface area contributed by atoms with Crippen molar-refractivity contribution in [1.29, 1.82) is 0 Å². The van der Waals surface area contributed by atoms with Crippen LogP contribution in [0.3, 0.4) is 0 Å². The van der Waals surface area contributed by atoms with E-state index in [0.717, 1.165) is 55.5 Å². The van der Waals surface area contributed by atoms with Crippen molar-refractivity contribution in [2.24, 2.45) is 0 Å². The molecule has 3 rings (SSSR count). The highest BCUT2D eigenvalue weighted by Crippen LogP contribution is 2.35. The zero-order valence-corrected chi connectivity index (χ0v) is 16.8. The first-order valence-electron chi connectivity index (χ1n) is 10.1. The number of unbranched alkanes of at least 4 members (excludes halogenated alkanes) is 2. The summed E-state index contributed by atoms with van der Waals surface area (Å²) in [6.07, 6.45) is 8.82. The SMILES string of the molecule is COc1c(C)n(OC)c2c(c1=O)[C@@H](CCCCCc1ccccc1)CCC2. The summed E-state index contributed by atoms with van der Waals surface area (Å²) in [5.74, 6) is 0.737. The molecule has 1 atom stereocenters. The second-order valence-corrected chi connectivity index (χ2v) is 7.46. The number of methoxy groups -OCH3 is 1. The lowest BCUT2D eigenvalue weighted by molar-refractivity contribution is 0.143. The topological polar surface area (TPSA) is 40.5 Å². The van der Waals surface area contributed by atoms with Gasteiger partial charge in [-0.1, -0.05) is 43.2 Å². The van der Waals surface area contributed by atoms with E-state index in [-0.39, 0.29) is 5.43 Å². The molecule has 0 saturated carbocycles. The van der Waals surface area contributed by atoms with Crippen LogP contribution in [0.1, 0.15) is 67.0 Å². The molecule has 0 aliphatic heterocycles. The Labute approximate surface area is 162 Å². The first-order chi connectivity index (χ1) is 13.2. The van der Waals surface area contributed by atoms with Crippen LogP contribution in [0.4, 0.5) is 0 Å². The van der Waals surface area contributed by atoms with Crippen molar-refractivity contribution >= 4 is 0 Å². The summed E-state index contributed by atoms with van der Waals surface area (Å²) in [5.41, 5.74) is 4.19. The maximum absolute atomic E-state index is 13.0. The number of ether oxygens (including phenoxy) is 1. The first kappa shape index (κ1) is 19.5. The Morgan fingerprint density at radius 3 is 2.59 bits per heavy atom. The average molecular weight is 370 g/mol. The molecule has 2 aromatic rings. The molecule has 0 bridgehead atoms. The van der Waals surface area contributed by atoms with Crippen LogP contribution in [0.15, 0.2) is 35.1 Å². The van der Waals surface area contributed by atoms with Gasteiger partial charge in [-0.15, -0.1) is 0 Å². The van der Waals surface area contributed by atoms with Crippen LogP contribution in [0.25, 0.3) is 0 Å². The van der Waals surface area contributed by atoms with Gasteiger partial charge in [-0.25, -0.2) is 0 Å². The average Bonchev–Trinajstić information content (AvgIpc) is 2.69. The van der Waals surface area contributed by atoms with Crippen LogP contribution in [0, 0.1) is 6.92 Å². The van der Waals surface area contributed by atoms with Crippen molar-refractivity contribution in [3.8, 4) is 5.75 Å². The van der Waals surface area contributed by atoms with E-state index in [1.165, 1.54) is 18.4 Å². The third-order valence-electron chi connectivity index (χ3n) is 5.76. The van der Waals surface area contributed by atoms with Gasteiger partial charge in [0.25, 0.3) is 0 Å². The Bertz CT molecular complexity index is 811. The second kappa shape index (κ2) is 9.12. The summed E-state index contributed by atoms with van der Waals surface area (Å²) in [6, 6.07) is 10.7. The smallest absolute Gasteiger partial charge is 0.227 e. The monoisotopic (exact) mass is 369 g/mol. The Morgan fingerprint density at radius 1 is 1.11 bits per heavy atom. The minimum Gasteiger partial charge on any atom is -0.491 e. The number of rotatable bonds is 8. The van der Waals surface area contributed by atoms with Gasteiger partial charge in [0.2, 0.25) is 5.43 Å². The van der Waals surface area contributed by atoms with Crippen LogP contribution in [-0.2, 0) is 12.8 Å². The largest absolute Gasteiger partial charge is 0.491 e. The third kappa shape index (κ3) is 4.20. The lowest BCUT2D eigenvalue weighted by Crippen LogP contribution is -2.30. The Balaban J connectivity index is 1.68. The summed E-state index contributed by atoms with van der Waals surface area (Å²) in [4.78, 5) is 18.6. The number of hydrogen-bond donors (Lipinski definition) is 0. The minimum atomic E-state index is 0.0623. The molecule has 146 valence electrons. The number of aryl methyl sites for hydroxylation is 1. The summed E-state index contributed by atoms with van der Waals surface area (Å²) >= 11 is 0. The van der Waals surface area contributed by atoms with Crippen molar-refractivity contribution in [3.63, 3.8) is 0 Å². The minimum absolute atomic E-state index is 0.0623. The maximum Gasteiger partial charge on any atom is 0.227 e. The van der Waals surface area contributed by atoms with Gasteiger partial charge in [0.05, 0.1) is 12.8 Å². The van der Waals surface area contributed by atoms with E-state index in [4.69, 9.17) is 9.57 Å². The Morgan fingerprint density at radius 2 is 1.89 bits per heavy atom. The fourth-order valence-corrected chi connectivity index (χ4v) is 4.46. The van der Waals surface area contributed by atoms with E-state index >= 15 is 0 Å². The van der Waals surface area contributed by atoms with Crippen LogP contribution < -0.4 is 15.0 Å². The Kier molecular flexibility index (Phi) is 6.59. The number of benzene rings is 1. The van der Waals surface area contributed by atoms with Gasteiger partial charge >= 0.3 is 0 Å².